The van der Waals surface area contributed by atoms with Gasteiger partial charge in [-0.05, 0) is 52.3 Å². The predicted octanol–water partition coefficient (Wildman–Crippen LogP) is 25.4. The molecule has 0 aliphatic carbocycles. The fourth-order valence-electron chi connectivity index (χ4n) is 6.11. The molecule has 0 amide bonds. The van der Waals surface area contributed by atoms with Gasteiger partial charge in [-0.1, -0.05) is 355 Å². The van der Waals surface area contributed by atoms with Crippen LogP contribution in [0.2, 0.25) is 0 Å². The van der Waals surface area contributed by atoms with Crippen molar-refractivity contribution in [2.45, 2.75) is 368 Å². The van der Waals surface area contributed by atoms with Crippen molar-refractivity contribution in [3.8, 4) is 0 Å². The minimum absolute atomic E-state index is 0.583. The fraction of sp³-hybridized carbons (Fsp3) is 1.00. The van der Waals surface area contributed by atoms with E-state index in [1.54, 1.807) is 0 Å². The number of hydrogen-bond acceptors (Lipinski definition) is 1. The fourth-order valence-corrected chi connectivity index (χ4v) is 6.11. The highest BCUT2D eigenvalue weighted by molar-refractivity contribution is 4.73. The van der Waals surface area contributed by atoms with Gasteiger partial charge in [0.25, 0.3) is 0 Å². The zero-order valence-corrected chi connectivity index (χ0v) is 52.9. The van der Waals surface area contributed by atoms with E-state index in [1.165, 1.54) is 154 Å². The van der Waals surface area contributed by atoms with Crippen LogP contribution in [0.3, 0.4) is 0 Å². The van der Waals surface area contributed by atoms with Crippen molar-refractivity contribution in [3.63, 3.8) is 0 Å². The van der Waals surface area contributed by atoms with Gasteiger partial charge in [-0.25, -0.2) is 0 Å². The molecule has 0 heterocycles. The number of rotatable bonds is 27. The smallest absolute Gasteiger partial charge is 0.0463 e. The van der Waals surface area contributed by atoms with Crippen molar-refractivity contribution in [1.82, 2.24) is 0 Å². The number of unbranched alkanes of at least 4 members (excludes halogenated alkanes) is 5. The Balaban J connectivity index is -0.0000000780. The summed E-state index contributed by atoms with van der Waals surface area (Å²) in [4.78, 5) is 0. The Hall–Kier alpha value is -0.0400. The molecule has 0 atom stereocenters. The topological polar surface area (TPSA) is 9.23 Å². The van der Waals surface area contributed by atoms with Gasteiger partial charge in [-0.15, -0.1) is 0 Å². The summed E-state index contributed by atoms with van der Waals surface area (Å²) in [6.07, 6.45) is 34.7. The summed E-state index contributed by atoms with van der Waals surface area (Å²) in [5, 5.41) is 0. The molecule has 0 aromatic rings. The Bertz CT molecular complexity index is 636. The molecule has 1 nitrogen and oxygen atoms in total. The highest BCUT2D eigenvalue weighted by Gasteiger charge is 2.21. The lowest BCUT2D eigenvalue weighted by molar-refractivity contribution is 0.135. The first-order valence-corrected chi connectivity index (χ1v) is 30.0. The average Bonchev–Trinajstić information content (AvgIpc) is 3.33. The second-order valence-electron chi connectivity index (χ2n) is 21.5. The van der Waals surface area contributed by atoms with Crippen LogP contribution < -0.4 is 0 Å². The lowest BCUT2D eigenvalue weighted by atomic mass is 9.78. The van der Waals surface area contributed by atoms with E-state index in [9.17, 15) is 0 Å². The van der Waals surface area contributed by atoms with Crippen LogP contribution in [-0.4, -0.2) is 13.2 Å². The Morgan fingerprint density at radius 1 is 0.308 bits per heavy atom. The van der Waals surface area contributed by atoms with Gasteiger partial charge in [0, 0.05) is 13.2 Å². The molecule has 408 valence electrons. The molecule has 0 rings (SSSR count). The van der Waals surface area contributed by atoms with Crippen LogP contribution in [0.1, 0.15) is 368 Å². The third-order valence-electron chi connectivity index (χ3n) is 15.7. The number of hydrogen-bond donors (Lipinski definition) is 0. The second-order valence-corrected chi connectivity index (χ2v) is 21.5. The van der Waals surface area contributed by atoms with E-state index in [-0.39, 0.29) is 0 Å². The van der Waals surface area contributed by atoms with Gasteiger partial charge in [-0.2, -0.15) is 0 Å². The van der Waals surface area contributed by atoms with E-state index in [0.717, 1.165) is 43.8 Å². The molecule has 0 bridgehead atoms. The standard InChI is InChI=1S/2C9H20.2C8H18.C7H16.C6H14O.2C6H14.C5H12/c2*1-5-9(6-2,7-3)8-4;1-5-8(4,6-2)7-3;1-3-5-7-8-6-4-2;1-5-7(3,4)6-2;1-3-5-7-6-4-2;1-4-5-6(2)3;1-4-6(3)5-2;1-4-5(2)3/h2*5-8H2,1-4H3;5-7H2,1-4H3;3-8H2,1-2H3;5-6H2,1-4H3;3-6H2,1-2H3;2*6H,4-5H2,1-3H3;5H,4H2,1-3H3. The number of ether oxygens (including phenoxy) is 1. The Kier molecular flexibility index (Phi) is 86.2. The molecule has 0 saturated carbocycles. The molecular formula is C64H146O. The van der Waals surface area contributed by atoms with Crippen molar-refractivity contribution in [2.75, 3.05) is 13.2 Å². The summed E-state index contributed by atoms with van der Waals surface area (Å²) >= 11 is 0. The normalized spacial score (nSPS) is 10.9. The summed E-state index contributed by atoms with van der Waals surface area (Å²) in [5.41, 5.74) is 2.54. The van der Waals surface area contributed by atoms with Crippen LogP contribution in [0.15, 0.2) is 0 Å². The van der Waals surface area contributed by atoms with Crippen LogP contribution in [0.4, 0.5) is 0 Å². The van der Waals surface area contributed by atoms with Crippen molar-refractivity contribution in [3.05, 3.63) is 0 Å². The van der Waals surface area contributed by atoms with E-state index in [4.69, 9.17) is 4.74 Å². The maximum Gasteiger partial charge on any atom is 0.0463 e. The van der Waals surface area contributed by atoms with E-state index in [2.05, 4.69) is 201 Å². The van der Waals surface area contributed by atoms with Gasteiger partial charge in [0.2, 0.25) is 0 Å². The Labute approximate surface area is 423 Å². The summed E-state index contributed by atoms with van der Waals surface area (Å²) in [7, 11) is 0. The highest BCUT2D eigenvalue weighted by Crippen LogP contribution is 2.34. The minimum Gasteiger partial charge on any atom is -0.381 e. The molecule has 1 heteroatoms. The maximum absolute atomic E-state index is 5.13. The molecule has 0 N–H and O–H groups in total. The molecule has 65 heavy (non-hydrogen) atoms. The average molecular weight is 932 g/mol. The van der Waals surface area contributed by atoms with E-state index < -0.39 is 0 Å². The first-order chi connectivity index (χ1) is 30.5. The molecule has 0 saturated heterocycles. The molecule has 0 aliphatic rings. The molecule has 0 unspecified atom stereocenters. The summed E-state index contributed by atoms with van der Waals surface area (Å²) in [6, 6.07) is 0. The molecule has 0 aliphatic heterocycles. The second kappa shape index (κ2) is 66.0. The molecule has 0 aromatic heterocycles. The first kappa shape index (κ1) is 84.9. The zero-order valence-electron chi connectivity index (χ0n) is 52.9. The van der Waals surface area contributed by atoms with E-state index in [0.29, 0.717) is 21.7 Å². The van der Waals surface area contributed by atoms with Crippen molar-refractivity contribution >= 4 is 0 Å². The van der Waals surface area contributed by atoms with Gasteiger partial charge >= 0.3 is 0 Å². The molecule has 0 aromatic carbocycles. The highest BCUT2D eigenvalue weighted by atomic mass is 16.5. The zero-order chi connectivity index (χ0) is 53.2. The van der Waals surface area contributed by atoms with Crippen molar-refractivity contribution in [1.29, 1.82) is 0 Å². The first-order valence-electron chi connectivity index (χ1n) is 30.0. The molecule has 0 fully saturated rings. The summed E-state index contributed by atoms with van der Waals surface area (Å²) in [5.74, 6) is 2.72. The maximum atomic E-state index is 5.13. The molecular weight excluding hydrogens is 785 g/mol. The Morgan fingerprint density at radius 3 is 0.646 bits per heavy atom. The third kappa shape index (κ3) is 75.7. The van der Waals surface area contributed by atoms with Crippen molar-refractivity contribution in [2.24, 2.45) is 39.4 Å². The van der Waals surface area contributed by atoms with Gasteiger partial charge in [0.05, 0.1) is 0 Å². The summed E-state index contributed by atoms with van der Waals surface area (Å²) < 4.78 is 5.13. The lowest BCUT2D eigenvalue weighted by Crippen LogP contribution is -2.15. The quantitative estimate of drug-likeness (QED) is 0.0746. The minimum atomic E-state index is 0.583. The van der Waals surface area contributed by atoms with E-state index >= 15 is 0 Å². The summed E-state index contributed by atoms with van der Waals surface area (Å²) in [6.45, 7) is 67.4. The van der Waals surface area contributed by atoms with Crippen LogP contribution in [0.5, 0.6) is 0 Å². The predicted molar refractivity (Wildman–Crippen MR) is 316 cm³/mol. The van der Waals surface area contributed by atoms with Crippen LogP contribution in [0, 0.1) is 39.4 Å². The lowest BCUT2D eigenvalue weighted by Gasteiger charge is -2.28. The SMILES string of the molecule is CCC(C)(C)CC.CCC(C)(CC)CC.CCC(C)C.CCC(C)CC.CCC(CC)(CC)CC.CCC(CC)(CC)CC.CCCC(C)C.CCCCCCCC.CCCOCCC. The molecule has 0 radical (unpaired) electrons. The van der Waals surface area contributed by atoms with Gasteiger partial charge in [0.15, 0.2) is 0 Å². The Morgan fingerprint density at radius 2 is 0.585 bits per heavy atom. The van der Waals surface area contributed by atoms with Crippen LogP contribution in [-0.2, 0) is 4.74 Å². The third-order valence-corrected chi connectivity index (χ3v) is 15.7. The van der Waals surface area contributed by atoms with E-state index in [1.807, 2.05) is 0 Å². The van der Waals surface area contributed by atoms with Gasteiger partial charge in [0.1, 0.15) is 0 Å². The molecule has 0 spiro atoms. The van der Waals surface area contributed by atoms with Crippen molar-refractivity contribution < 1.29 is 4.74 Å². The van der Waals surface area contributed by atoms with Crippen LogP contribution in [0.25, 0.3) is 0 Å². The largest absolute Gasteiger partial charge is 0.381 e. The van der Waals surface area contributed by atoms with Gasteiger partial charge in [-0.3, -0.25) is 0 Å². The monoisotopic (exact) mass is 931 g/mol. The van der Waals surface area contributed by atoms with Crippen LogP contribution >= 0.6 is 0 Å². The van der Waals surface area contributed by atoms with Gasteiger partial charge < -0.3 is 4.74 Å².